The molecule has 1 N–H and O–H groups in total. The third-order valence-electron chi connectivity index (χ3n) is 4.04. The molecule has 0 heterocycles. The van der Waals surface area contributed by atoms with Crippen molar-refractivity contribution in [1.82, 2.24) is 5.32 Å². The molecule has 1 aromatic rings. The number of nitro benzene ring substituents is 1. The average molecular weight is 262 g/mol. The Hall–Kier alpha value is -1.42. The van der Waals surface area contributed by atoms with Crippen LogP contribution in [0.25, 0.3) is 0 Å². The lowest BCUT2D eigenvalue weighted by Crippen LogP contribution is -2.30. The van der Waals surface area contributed by atoms with Crippen LogP contribution in [0.15, 0.2) is 24.3 Å². The highest BCUT2D eigenvalue weighted by Crippen LogP contribution is 2.37. The van der Waals surface area contributed by atoms with Crippen LogP contribution in [0.5, 0.6) is 0 Å². The predicted octanol–water partition coefficient (Wildman–Crippen LogP) is 3.82. The van der Waals surface area contributed by atoms with E-state index in [2.05, 4.69) is 26.1 Å². The maximum Gasteiger partial charge on any atom is 0.269 e. The van der Waals surface area contributed by atoms with Gasteiger partial charge in [0.2, 0.25) is 0 Å². The molecule has 4 heteroatoms. The molecule has 19 heavy (non-hydrogen) atoms. The first-order chi connectivity index (χ1) is 8.87. The van der Waals surface area contributed by atoms with Gasteiger partial charge in [-0.05, 0) is 37.2 Å². The Balaban J connectivity index is 2.02. The number of benzene rings is 1. The first-order valence-electron chi connectivity index (χ1n) is 6.88. The third-order valence-corrected chi connectivity index (χ3v) is 4.04. The fourth-order valence-electron chi connectivity index (χ4n) is 2.94. The van der Waals surface area contributed by atoms with E-state index in [-0.39, 0.29) is 16.7 Å². The second-order valence-corrected chi connectivity index (χ2v) is 6.34. The van der Waals surface area contributed by atoms with Crippen molar-refractivity contribution < 1.29 is 4.92 Å². The lowest BCUT2D eigenvalue weighted by Gasteiger charge is -2.22. The molecule has 0 amide bonds. The molecule has 1 fully saturated rings. The molecule has 0 aliphatic heterocycles. The van der Waals surface area contributed by atoms with E-state index in [1.54, 1.807) is 12.1 Å². The van der Waals surface area contributed by atoms with E-state index in [0.717, 1.165) is 5.56 Å². The summed E-state index contributed by atoms with van der Waals surface area (Å²) in [6.07, 6.45) is 3.60. The Labute approximate surface area is 114 Å². The van der Waals surface area contributed by atoms with Crippen molar-refractivity contribution in [2.24, 2.45) is 5.41 Å². The number of nitrogens with zero attached hydrogens (tertiary/aromatic N) is 1. The summed E-state index contributed by atoms with van der Waals surface area (Å²) in [5, 5.41) is 14.4. The van der Waals surface area contributed by atoms with Gasteiger partial charge in [0.25, 0.3) is 5.69 Å². The maximum atomic E-state index is 10.8. The Kier molecular flexibility index (Phi) is 3.90. The molecule has 4 nitrogen and oxygen atoms in total. The van der Waals surface area contributed by atoms with E-state index in [0.29, 0.717) is 11.5 Å². The van der Waals surface area contributed by atoms with Crippen molar-refractivity contribution in [1.29, 1.82) is 0 Å². The van der Waals surface area contributed by atoms with E-state index in [1.165, 1.54) is 25.3 Å². The van der Waals surface area contributed by atoms with E-state index in [9.17, 15) is 10.1 Å². The minimum atomic E-state index is -0.338. The minimum absolute atomic E-state index is 0.152. The predicted molar refractivity (Wildman–Crippen MR) is 76.1 cm³/mol. The van der Waals surface area contributed by atoms with Gasteiger partial charge in [0, 0.05) is 24.2 Å². The summed E-state index contributed by atoms with van der Waals surface area (Å²) in [6.45, 7) is 6.67. The van der Waals surface area contributed by atoms with Crippen molar-refractivity contribution in [3.8, 4) is 0 Å². The Morgan fingerprint density at radius 3 is 2.79 bits per heavy atom. The Morgan fingerprint density at radius 1 is 1.47 bits per heavy atom. The molecule has 1 aliphatic rings. The summed E-state index contributed by atoms with van der Waals surface area (Å²) in [5.74, 6) is 0. The third kappa shape index (κ3) is 3.53. The fourth-order valence-corrected chi connectivity index (χ4v) is 2.94. The molecular formula is C15H22N2O2. The van der Waals surface area contributed by atoms with Gasteiger partial charge in [-0.25, -0.2) is 0 Å². The van der Waals surface area contributed by atoms with Gasteiger partial charge in [0.1, 0.15) is 0 Å². The van der Waals surface area contributed by atoms with Crippen LogP contribution in [0.2, 0.25) is 0 Å². The highest BCUT2D eigenvalue weighted by Gasteiger charge is 2.31. The second-order valence-electron chi connectivity index (χ2n) is 6.34. The average Bonchev–Trinajstić information content (AvgIpc) is 2.68. The van der Waals surface area contributed by atoms with Crippen LogP contribution in [0.3, 0.4) is 0 Å². The molecule has 0 radical (unpaired) electrons. The summed E-state index contributed by atoms with van der Waals surface area (Å²) in [7, 11) is 0. The van der Waals surface area contributed by atoms with Gasteiger partial charge in [0.15, 0.2) is 0 Å². The van der Waals surface area contributed by atoms with Crippen LogP contribution in [0.4, 0.5) is 5.69 Å². The zero-order chi connectivity index (χ0) is 14.0. The van der Waals surface area contributed by atoms with Gasteiger partial charge in [-0.15, -0.1) is 0 Å². The molecule has 104 valence electrons. The van der Waals surface area contributed by atoms with Crippen molar-refractivity contribution in [2.45, 2.75) is 52.1 Å². The largest absolute Gasteiger partial charge is 0.307 e. The van der Waals surface area contributed by atoms with E-state index < -0.39 is 0 Å². The molecular weight excluding hydrogens is 240 g/mol. The number of rotatable bonds is 4. The zero-order valence-corrected chi connectivity index (χ0v) is 11.8. The molecule has 2 unspecified atom stereocenters. The fraction of sp³-hybridized carbons (Fsp3) is 0.600. The summed E-state index contributed by atoms with van der Waals surface area (Å²) in [4.78, 5) is 10.5. The SMILES string of the molecule is CC(NC1CCC(C)(C)C1)c1cccc([N+](=O)[O-])c1. The van der Waals surface area contributed by atoms with Crippen LogP contribution >= 0.6 is 0 Å². The lowest BCUT2D eigenvalue weighted by molar-refractivity contribution is -0.384. The van der Waals surface area contributed by atoms with Gasteiger partial charge in [0.05, 0.1) is 4.92 Å². The standard InChI is InChI=1S/C15H22N2O2/c1-11(16-13-7-8-15(2,3)10-13)12-5-4-6-14(9-12)17(18)19/h4-6,9,11,13,16H,7-8,10H2,1-3H3. The normalized spacial score (nSPS) is 23.2. The number of hydrogen-bond donors (Lipinski definition) is 1. The number of non-ortho nitro benzene ring substituents is 1. The first kappa shape index (κ1) is 14.0. The molecule has 1 saturated carbocycles. The number of nitro groups is 1. The molecule has 1 aliphatic carbocycles. The zero-order valence-electron chi connectivity index (χ0n) is 11.8. The monoisotopic (exact) mass is 262 g/mol. The second kappa shape index (κ2) is 5.29. The van der Waals surface area contributed by atoms with E-state index in [4.69, 9.17) is 0 Å². The van der Waals surface area contributed by atoms with Crippen LogP contribution in [-0.4, -0.2) is 11.0 Å². The number of nitrogens with one attached hydrogen (secondary N) is 1. The van der Waals surface area contributed by atoms with E-state index in [1.807, 2.05) is 6.07 Å². The van der Waals surface area contributed by atoms with Crippen LogP contribution < -0.4 is 5.32 Å². The van der Waals surface area contributed by atoms with Gasteiger partial charge < -0.3 is 5.32 Å². The highest BCUT2D eigenvalue weighted by molar-refractivity contribution is 5.35. The topological polar surface area (TPSA) is 55.2 Å². The molecule has 0 bridgehead atoms. The highest BCUT2D eigenvalue weighted by atomic mass is 16.6. The summed E-state index contributed by atoms with van der Waals surface area (Å²) in [5.41, 5.74) is 1.57. The van der Waals surface area contributed by atoms with Gasteiger partial charge in [-0.2, -0.15) is 0 Å². The lowest BCUT2D eigenvalue weighted by atomic mass is 9.91. The van der Waals surface area contributed by atoms with Gasteiger partial charge >= 0.3 is 0 Å². The molecule has 1 aromatic carbocycles. The van der Waals surface area contributed by atoms with Gasteiger partial charge in [-0.1, -0.05) is 26.0 Å². The molecule has 2 atom stereocenters. The Bertz CT molecular complexity index is 471. The molecule has 0 aromatic heterocycles. The maximum absolute atomic E-state index is 10.8. The van der Waals surface area contributed by atoms with Crippen molar-refractivity contribution in [3.63, 3.8) is 0 Å². The summed E-state index contributed by atoms with van der Waals surface area (Å²) >= 11 is 0. The number of hydrogen-bond acceptors (Lipinski definition) is 3. The quantitative estimate of drug-likeness (QED) is 0.663. The van der Waals surface area contributed by atoms with Crippen molar-refractivity contribution in [2.75, 3.05) is 0 Å². The summed E-state index contributed by atoms with van der Waals surface area (Å²) in [6, 6.07) is 7.57. The van der Waals surface area contributed by atoms with Crippen LogP contribution in [0, 0.1) is 15.5 Å². The molecule has 0 saturated heterocycles. The smallest absolute Gasteiger partial charge is 0.269 e. The van der Waals surface area contributed by atoms with Crippen LogP contribution in [0.1, 0.15) is 51.6 Å². The summed E-state index contributed by atoms with van der Waals surface area (Å²) < 4.78 is 0. The first-order valence-corrected chi connectivity index (χ1v) is 6.88. The minimum Gasteiger partial charge on any atom is -0.307 e. The van der Waals surface area contributed by atoms with Crippen molar-refractivity contribution >= 4 is 5.69 Å². The van der Waals surface area contributed by atoms with Crippen molar-refractivity contribution in [3.05, 3.63) is 39.9 Å². The molecule has 0 spiro atoms. The van der Waals surface area contributed by atoms with Gasteiger partial charge in [-0.3, -0.25) is 10.1 Å². The van der Waals surface area contributed by atoms with Crippen LogP contribution in [-0.2, 0) is 0 Å². The molecule has 2 rings (SSSR count). The van der Waals surface area contributed by atoms with E-state index >= 15 is 0 Å². The Morgan fingerprint density at radius 2 is 2.21 bits per heavy atom.